The number of fused-ring (bicyclic) bond motifs is 1. The molecule has 5 heteroatoms. The Hall–Kier alpha value is -1.62. The zero-order valence-electron chi connectivity index (χ0n) is 8.02. The Morgan fingerprint density at radius 3 is 2.87 bits per heavy atom. The van der Waals surface area contributed by atoms with Crippen LogP contribution in [0.25, 0.3) is 10.2 Å². The zero-order chi connectivity index (χ0) is 11.0. The van der Waals surface area contributed by atoms with Gasteiger partial charge in [-0.25, -0.2) is 9.78 Å². The summed E-state index contributed by atoms with van der Waals surface area (Å²) in [6, 6.07) is 2.86. The molecule has 15 heavy (non-hydrogen) atoms. The van der Waals surface area contributed by atoms with E-state index in [1.807, 2.05) is 6.92 Å². The van der Waals surface area contributed by atoms with Gasteiger partial charge in [0.25, 0.3) is 0 Å². The summed E-state index contributed by atoms with van der Waals surface area (Å²) < 4.78 is 0.814. The SMILES string of the molecule is CCc1nc2cc(C(=O)O)c(O)cc2s1. The molecule has 1 heterocycles. The van der Waals surface area contributed by atoms with Crippen LogP contribution in [0.2, 0.25) is 0 Å². The molecule has 4 nitrogen and oxygen atoms in total. The first-order valence-electron chi connectivity index (χ1n) is 4.47. The topological polar surface area (TPSA) is 70.4 Å². The summed E-state index contributed by atoms with van der Waals surface area (Å²) in [5.41, 5.74) is 0.530. The summed E-state index contributed by atoms with van der Waals surface area (Å²) in [4.78, 5) is 15.0. The largest absolute Gasteiger partial charge is 0.507 e. The van der Waals surface area contributed by atoms with E-state index in [-0.39, 0.29) is 11.3 Å². The first-order valence-corrected chi connectivity index (χ1v) is 5.29. The van der Waals surface area contributed by atoms with E-state index in [1.54, 1.807) is 0 Å². The van der Waals surface area contributed by atoms with Crippen LogP contribution in [0.1, 0.15) is 22.3 Å². The Labute approximate surface area is 89.8 Å². The van der Waals surface area contributed by atoms with Crippen molar-refractivity contribution in [3.8, 4) is 5.75 Å². The second-order valence-corrected chi connectivity index (χ2v) is 4.22. The van der Waals surface area contributed by atoms with E-state index in [9.17, 15) is 9.90 Å². The smallest absolute Gasteiger partial charge is 0.339 e. The molecule has 2 N–H and O–H groups in total. The summed E-state index contributed by atoms with van der Waals surface area (Å²) in [6.45, 7) is 1.98. The van der Waals surface area contributed by atoms with Gasteiger partial charge in [-0.05, 0) is 12.5 Å². The van der Waals surface area contributed by atoms with Crippen LogP contribution in [0.4, 0.5) is 0 Å². The zero-order valence-corrected chi connectivity index (χ0v) is 8.84. The molecule has 0 saturated carbocycles. The van der Waals surface area contributed by atoms with Crippen molar-refractivity contribution in [1.82, 2.24) is 4.98 Å². The molecule has 2 aromatic rings. The fourth-order valence-electron chi connectivity index (χ4n) is 1.33. The van der Waals surface area contributed by atoms with Gasteiger partial charge in [0, 0.05) is 6.07 Å². The molecule has 0 saturated heterocycles. The van der Waals surface area contributed by atoms with Crippen LogP contribution in [-0.2, 0) is 6.42 Å². The molecule has 78 valence electrons. The van der Waals surface area contributed by atoms with Crippen molar-refractivity contribution in [1.29, 1.82) is 0 Å². The highest BCUT2D eigenvalue weighted by Gasteiger charge is 2.13. The molecule has 0 bridgehead atoms. The van der Waals surface area contributed by atoms with Crippen molar-refractivity contribution in [3.63, 3.8) is 0 Å². The maximum absolute atomic E-state index is 10.8. The average molecular weight is 223 g/mol. The lowest BCUT2D eigenvalue weighted by atomic mass is 10.2. The summed E-state index contributed by atoms with van der Waals surface area (Å²) in [7, 11) is 0. The average Bonchev–Trinajstić information content (AvgIpc) is 2.58. The lowest BCUT2D eigenvalue weighted by Gasteiger charge is -1.97. The normalized spacial score (nSPS) is 10.7. The fourth-order valence-corrected chi connectivity index (χ4v) is 2.26. The van der Waals surface area contributed by atoms with Gasteiger partial charge in [-0.1, -0.05) is 6.92 Å². The van der Waals surface area contributed by atoms with Crippen LogP contribution in [0.15, 0.2) is 12.1 Å². The Morgan fingerprint density at radius 1 is 1.53 bits per heavy atom. The Bertz CT molecular complexity index is 533. The van der Waals surface area contributed by atoms with Crippen molar-refractivity contribution in [2.45, 2.75) is 13.3 Å². The maximum Gasteiger partial charge on any atom is 0.339 e. The number of aromatic nitrogens is 1. The highest BCUT2D eigenvalue weighted by molar-refractivity contribution is 7.18. The molecule has 0 unspecified atom stereocenters. The number of nitrogens with zero attached hydrogens (tertiary/aromatic N) is 1. The minimum atomic E-state index is -1.14. The van der Waals surface area contributed by atoms with Crippen molar-refractivity contribution in [2.75, 3.05) is 0 Å². The molecule has 0 spiro atoms. The molecule has 2 rings (SSSR count). The van der Waals surface area contributed by atoms with Gasteiger partial charge in [0.1, 0.15) is 11.3 Å². The Morgan fingerprint density at radius 2 is 2.27 bits per heavy atom. The quantitative estimate of drug-likeness (QED) is 0.819. The molecule has 0 atom stereocenters. The van der Waals surface area contributed by atoms with E-state index in [2.05, 4.69) is 4.98 Å². The maximum atomic E-state index is 10.8. The molecule has 1 aromatic carbocycles. The number of rotatable bonds is 2. The molecular weight excluding hydrogens is 214 g/mol. The number of carboxylic acid groups (broad SMARTS) is 1. The molecule has 0 aliphatic carbocycles. The van der Waals surface area contributed by atoms with Crippen molar-refractivity contribution in [2.24, 2.45) is 0 Å². The lowest BCUT2D eigenvalue weighted by Crippen LogP contribution is -1.96. The number of aromatic carboxylic acids is 1. The van der Waals surface area contributed by atoms with E-state index in [1.165, 1.54) is 23.5 Å². The summed E-state index contributed by atoms with van der Waals surface area (Å²) in [5, 5.41) is 19.2. The number of hydrogen-bond acceptors (Lipinski definition) is 4. The number of aromatic hydroxyl groups is 1. The number of benzene rings is 1. The van der Waals surface area contributed by atoms with Gasteiger partial charge >= 0.3 is 5.97 Å². The number of carboxylic acids is 1. The van der Waals surface area contributed by atoms with Crippen LogP contribution in [0.5, 0.6) is 5.75 Å². The molecule has 0 amide bonds. The van der Waals surface area contributed by atoms with Gasteiger partial charge in [-0.3, -0.25) is 0 Å². The van der Waals surface area contributed by atoms with Gasteiger partial charge in [-0.15, -0.1) is 11.3 Å². The lowest BCUT2D eigenvalue weighted by molar-refractivity contribution is 0.0694. The van der Waals surface area contributed by atoms with Crippen molar-refractivity contribution in [3.05, 3.63) is 22.7 Å². The molecule has 0 radical (unpaired) electrons. The second kappa shape index (κ2) is 3.51. The molecular formula is C10H9NO3S. The summed E-state index contributed by atoms with van der Waals surface area (Å²) >= 11 is 1.47. The Balaban J connectivity index is 2.68. The van der Waals surface area contributed by atoms with Crippen LogP contribution in [-0.4, -0.2) is 21.2 Å². The number of thiazole rings is 1. The number of carbonyl (C=O) groups is 1. The minimum absolute atomic E-state index is 0.101. The standard InChI is InChI=1S/C10H9NO3S/c1-2-9-11-6-3-5(10(13)14)7(12)4-8(6)15-9/h3-4,12H,2H2,1H3,(H,13,14). The van der Waals surface area contributed by atoms with E-state index < -0.39 is 5.97 Å². The van der Waals surface area contributed by atoms with E-state index in [0.29, 0.717) is 5.52 Å². The van der Waals surface area contributed by atoms with Crippen LogP contribution < -0.4 is 0 Å². The first-order chi connectivity index (χ1) is 7.11. The Kier molecular flexibility index (Phi) is 2.32. The molecule has 0 aliphatic heterocycles. The summed E-state index contributed by atoms with van der Waals surface area (Å²) in [6.07, 6.45) is 0.808. The third-order valence-electron chi connectivity index (χ3n) is 2.08. The van der Waals surface area contributed by atoms with E-state index in [4.69, 9.17) is 5.11 Å². The number of phenols is 1. The molecule has 1 aromatic heterocycles. The van der Waals surface area contributed by atoms with Gasteiger partial charge < -0.3 is 10.2 Å². The van der Waals surface area contributed by atoms with Gasteiger partial charge in [0.05, 0.1) is 15.2 Å². The predicted octanol–water partition coefficient (Wildman–Crippen LogP) is 2.26. The second-order valence-electron chi connectivity index (χ2n) is 3.10. The number of hydrogen-bond donors (Lipinski definition) is 2. The highest BCUT2D eigenvalue weighted by atomic mass is 32.1. The predicted molar refractivity (Wildman–Crippen MR) is 57.6 cm³/mol. The number of aryl methyl sites for hydroxylation is 1. The minimum Gasteiger partial charge on any atom is -0.507 e. The first kappa shape index (κ1) is 9.92. The monoisotopic (exact) mass is 223 g/mol. The van der Waals surface area contributed by atoms with Crippen molar-refractivity contribution >= 4 is 27.5 Å². The molecule has 0 aliphatic rings. The van der Waals surface area contributed by atoms with Crippen LogP contribution >= 0.6 is 11.3 Å². The van der Waals surface area contributed by atoms with Crippen LogP contribution in [0.3, 0.4) is 0 Å². The van der Waals surface area contributed by atoms with E-state index >= 15 is 0 Å². The summed E-state index contributed by atoms with van der Waals surface area (Å²) in [5.74, 6) is -1.35. The van der Waals surface area contributed by atoms with Gasteiger partial charge in [0.2, 0.25) is 0 Å². The highest BCUT2D eigenvalue weighted by Crippen LogP contribution is 2.29. The third-order valence-corrected chi connectivity index (χ3v) is 3.25. The van der Waals surface area contributed by atoms with Gasteiger partial charge in [0.15, 0.2) is 0 Å². The van der Waals surface area contributed by atoms with Crippen LogP contribution in [0, 0.1) is 0 Å². The third kappa shape index (κ3) is 1.66. The van der Waals surface area contributed by atoms with Gasteiger partial charge in [-0.2, -0.15) is 0 Å². The van der Waals surface area contributed by atoms with Crippen molar-refractivity contribution < 1.29 is 15.0 Å². The van der Waals surface area contributed by atoms with E-state index in [0.717, 1.165) is 16.1 Å². The molecule has 0 fully saturated rings. The fraction of sp³-hybridized carbons (Fsp3) is 0.200.